The average Bonchev–Trinajstić information content (AvgIpc) is 3.90. The Morgan fingerprint density at radius 2 is 1.70 bits per heavy atom. The van der Waals surface area contributed by atoms with E-state index in [2.05, 4.69) is 53.4 Å². The molecule has 0 amide bonds. The first-order valence-electron chi connectivity index (χ1n) is 19.8. The molecule has 0 saturated carbocycles. The molecule has 6 rings (SSSR count). The first-order chi connectivity index (χ1) is 26.3. The van der Waals surface area contributed by atoms with Gasteiger partial charge in [-0.1, -0.05) is 99.2 Å². The smallest absolute Gasteiger partial charge is 0.657 e. The number of ether oxygens (including phenoxy) is 2. The second-order valence-corrected chi connectivity index (χ2v) is 15.5. The number of aromatic nitrogens is 3. The van der Waals surface area contributed by atoms with Crippen LogP contribution in [0, 0.1) is 44.4 Å². The van der Waals surface area contributed by atoms with Gasteiger partial charge < -0.3 is 29.7 Å². The number of hydrogen-bond acceptors (Lipinski definition) is 6. The number of rotatable bonds is 13. The van der Waals surface area contributed by atoms with Crippen LogP contribution in [-0.4, -0.2) is 54.5 Å². The fraction of sp³-hybridized carbons (Fsp3) is 0.457. The zero-order valence-corrected chi connectivity index (χ0v) is 36.1. The largest absolute Gasteiger partial charge is 2.00 e. The molecule has 0 radical (unpaired) electrons. The number of ketones is 1. The Balaban J connectivity index is 0.00000600. The van der Waals surface area contributed by atoms with E-state index in [0.717, 1.165) is 69.3 Å². The normalized spacial score (nSPS) is 22.5. The fourth-order valence-corrected chi connectivity index (χ4v) is 8.41. The minimum Gasteiger partial charge on any atom is -0.657 e. The molecular weight excluding hydrogens is 713 g/mol. The molecule has 3 aliphatic rings. The molecule has 1 aliphatic carbocycles. The van der Waals surface area contributed by atoms with Crippen LogP contribution in [-0.2, 0) is 25.5 Å². The molecule has 0 aromatic carbocycles. The Kier molecular flexibility index (Phi) is 13.7. The maximum Gasteiger partial charge on any atom is 2.00 e. The summed E-state index contributed by atoms with van der Waals surface area (Å²) in [5.74, 6) is -2.13. The SMILES string of the molecule is C=Cc1c2[n-]c(c1C)/C=C1\N/C(=C3\c4[n-]c(c(C)c4C(=O)[C@@H]3C(=O)OC)/C=c3\[n-]/c(c(C)c3CC)=C\2)[C@@H](CCC(=O)OC/C=C(\C)CCC[C@H](C)CC)[C@@H]1C.[Mg+2]. The fourth-order valence-electron chi connectivity index (χ4n) is 8.41. The van der Waals surface area contributed by atoms with Crippen molar-refractivity contribution in [2.45, 2.75) is 100 Å². The molecule has 3 aromatic rings. The van der Waals surface area contributed by atoms with Gasteiger partial charge in [0, 0.05) is 35.2 Å². The van der Waals surface area contributed by atoms with Crippen LogP contribution in [0.15, 0.2) is 29.6 Å². The van der Waals surface area contributed by atoms with Gasteiger partial charge in [-0.15, -0.1) is 33.5 Å². The average molecular weight is 768 g/mol. The summed E-state index contributed by atoms with van der Waals surface area (Å²) < 4.78 is 10.9. The van der Waals surface area contributed by atoms with Crippen molar-refractivity contribution in [3.63, 3.8) is 0 Å². The molecular formula is C46H55MgN4O5-. The molecule has 4 atom stereocenters. The number of carbonyl (C=O) groups excluding carboxylic acids is 3. The van der Waals surface area contributed by atoms with Crippen LogP contribution >= 0.6 is 0 Å². The molecule has 1 fully saturated rings. The predicted octanol–water partition coefficient (Wildman–Crippen LogP) is 6.36. The van der Waals surface area contributed by atoms with E-state index in [-0.39, 0.29) is 59.7 Å². The minimum atomic E-state index is -1.18. The third-order valence-corrected chi connectivity index (χ3v) is 12.1. The van der Waals surface area contributed by atoms with E-state index >= 15 is 0 Å². The molecule has 8 bridgehead atoms. The summed E-state index contributed by atoms with van der Waals surface area (Å²) in [6, 6.07) is 0. The van der Waals surface area contributed by atoms with Gasteiger partial charge in [-0.3, -0.25) is 14.4 Å². The van der Waals surface area contributed by atoms with Crippen molar-refractivity contribution in [1.82, 2.24) is 20.3 Å². The molecule has 9 nitrogen and oxygen atoms in total. The molecule has 3 aromatic heterocycles. The standard InChI is InChI=1S/C46H56N4O5.Mg/c1-11-24(4)15-14-16-25(5)19-20-55-39(51)18-17-32-28(8)35-21-33-26(6)30(12-2)37(47-33)22-34-27(7)31(13-3)38(48-34)23-36-29(9)40-44(50-36)41(43(32)49-35)42(45(40)52)46(53)54-10;/h12,19,21-24,28,32,42H,2,11,13-18,20H2,1,3-10H3,(H2,49,50,52);/q-2;+2/p-1/b25-19+,34-22-,35-21-,38-23-;/t24-,28+,32+,42-;/m1./s1. The molecule has 0 unspecified atom stereocenters. The Morgan fingerprint density at radius 1 is 0.982 bits per heavy atom. The quantitative estimate of drug-likeness (QED) is 0.0917. The second kappa shape index (κ2) is 17.9. The molecule has 5 heterocycles. The summed E-state index contributed by atoms with van der Waals surface area (Å²) in [6.45, 7) is 21.1. The molecule has 10 heteroatoms. The van der Waals surface area contributed by atoms with E-state index in [0.29, 0.717) is 46.1 Å². The number of fused-ring (bicyclic) bond motifs is 7. The monoisotopic (exact) mass is 767 g/mol. The molecule has 292 valence electrons. The van der Waals surface area contributed by atoms with Gasteiger partial charge in [-0.05, 0) is 76.5 Å². The minimum absolute atomic E-state index is 0. The van der Waals surface area contributed by atoms with Crippen molar-refractivity contribution in [2.24, 2.45) is 23.7 Å². The third kappa shape index (κ3) is 8.10. The number of nitrogens with zero attached hydrogens (tertiary/aromatic N) is 3. The van der Waals surface area contributed by atoms with Crippen LogP contribution in [0.4, 0.5) is 0 Å². The van der Waals surface area contributed by atoms with Gasteiger partial charge in [0.05, 0.1) is 7.11 Å². The Bertz CT molecular complexity index is 2260. The van der Waals surface area contributed by atoms with Crippen molar-refractivity contribution in [2.75, 3.05) is 13.7 Å². The van der Waals surface area contributed by atoms with Crippen molar-refractivity contribution in [1.29, 1.82) is 0 Å². The van der Waals surface area contributed by atoms with Gasteiger partial charge in [-0.2, -0.15) is 0 Å². The summed E-state index contributed by atoms with van der Waals surface area (Å²) in [4.78, 5) is 56.2. The van der Waals surface area contributed by atoms with E-state index in [1.807, 2.05) is 44.2 Å². The molecule has 1 N–H and O–H groups in total. The topological polar surface area (TPSA) is 124 Å². The van der Waals surface area contributed by atoms with Crippen molar-refractivity contribution < 1.29 is 23.9 Å². The van der Waals surface area contributed by atoms with Crippen LogP contribution in [0.5, 0.6) is 0 Å². The van der Waals surface area contributed by atoms with Crippen LogP contribution in [0.3, 0.4) is 0 Å². The van der Waals surface area contributed by atoms with E-state index in [4.69, 9.17) is 24.4 Å². The van der Waals surface area contributed by atoms with Gasteiger partial charge in [0.15, 0.2) is 5.78 Å². The van der Waals surface area contributed by atoms with E-state index in [1.54, 1.807) is 0 Å². The van der Waals surface area contributed by atoms with Crippen molar-refractivity contribution >= 4 is 70.7 Å². The second-order valence-electron chi connectivity index (χ2n) is 15.5. The van der Waals surface area contributed by atoms with Crippen LogP contribution in [0.25, 0.3) is 29.9 Å². The van der Waals surface area contributed by atoms with Crippen molar-refractivity contribution in [3.05, 3.63) is 96.5 Å². The van der Waals surface area contributed by atoms with E-state index < -0.39 is 11.9 Å². The summed E-state index contributed by atoms with van der Waals surface area (Å²) in [7, 11) is 1.30. The van der Waals surface area contributed by atoms with E-state index in [1.165, 1.54) is 25.5 Å². The van der Waals surface area contributed by atoms with Gasteiger partial charge >= 0.3 is 35.0 Å². The van der Waals surface area contributed by atoms with Gasteiger partial charge in [0.1, 0.15) is 12.5 Å². The number of nitrogens with one attached hydrogen (secondary N) is 1. The van der Waals surface area contributed by atoms with Gasteiger partial charge in [0.25, 0.3) is 0 Å². The predicted molar refractivity (Wildman–Crippen MR) is 223 cm³/mol. The third-order valence-electron chi connectivity index (χ3n) is 12.1. The maximum atomic E-state index is 14.3. The first-order valence-corrected chi connectivity index (χ1v) is 19.8. The van der Waals surface area contributed by atoms with Crippen LogP contribution in [0.2, 0.25) is 0 Å². The number of esters is 2. The number of carbonyl (C=O) groups is 3. The zero-order chi connectivity index (χ0) is 39.7. The summed E-state index contributed by atoms with van der Waals surface area (Å²) >= 11 is 0. The molecule has 56 heavy (non-hydrogen) atoms. The molecule has 0 spiro atoms. The zero-order valence-electron chi connectivity index (χ0n) is 34.7. The Morgan fingerprint density at radius 3 is 2.38 bits per heavy atom. The van der Waals surface area contributed by atoms with Gasteiger partial charge in [0.2, 0.25) is 0 Å². The summed E-state index contributed by atoms with van der Waals surface area (Å²) in [6.07, 6.45) is 15.7. The molecule has 2 aliphatic heterocycles. The maximum absolute atomic E-state index is 14.3. The van der Waals surface area contributed by atoms with E-state index in [9.17, 15) is 14.4 Å². The number of methoxy groups -OCH3 is 1. The Labute approximate surface area is 347 Å². The summed E-state index contributed by atoms with van der Waals surface area (Å²) in [5.41, 5.74) is 11.1. The van der Waals surface area contributed by atoms with Crippen LogP contribution in [0.1, 0.15) is 134 Å². The first kappa shape index (κ1) is 42.9. The van der Waals surface area contributed by atoms with Crippen LogP contribution < -0.4 is 31.0 Å². The number of hydrogen-bond donors (Lipinski definition) is 1. The van der Waals surface area contributed by atoms with Crippen molar-refractivity contribution in [3.8, 4) is 0 Å². The van der Waals surface area contributed by atoms with Gasteiger partial charge in [-0.25, -0.2) is 0 Å². The number of allylic oxidation sites excluding steroid dienone is 3. The Hall–Kier alpha value is -4.28. The molecule has 1 saturated heterocycles. The summed E-state index contributed by atoms with van der Waals surface area (Å²) in [5, 5.41) is 5.25. The number of Topliss-reactive ketones (excluding diaryl/α,β-unsaturated/α-hetero) is 1.